The molecule has 1 saturated heterocycles. The van der Waals surface area contributed by atoms with Crippen molar-refractivity contribution in [1.29, 1.82) is 0 Å². The molecule has 0 aromatic heterocycles. The molecule has 1 heterocycles. The predicted octanol–water partition coefficient (Wildman–Crippen LogP) is 1.97. The van der Waals surface area contributed by atoms with E-state index in [1.165, 1.54) is 18.6 Å². The van der Waals surface area contributed by atoms with Gasteiger partial charge < -0.3 is 9.57 Å². The highest BCUT2D eigenvalue weighted by Gasteiger charge is 2.41. The number of nitrogens with zero attached hydrogens (tertiary/aromatic N) is 1. The van der Waals surface area contributed by atoms with E-state index in [0.717, 1.165) is 32.5 Å². The molecule has 0 N–H and O–H groups in total. The molecule has 0 bridgehead atoms. The zero-order chi connectivity index (χ0) is 9.15. The zero-order valence-corrected chi connectivity index (χ0v) is 8.21. The Morgan fingerprint density at radius 1 is 1.31 bits per heavy atom. The molecule has 0 amide bonds. The highest BCUT2D eigenvalue weighted by atomic mass is 16.6. The van der Waals surface area contributed by atoms with Gasteiger partial charge in [0.1, 0.15) is 7.11 Å². The lowest BCUT2D eigenvalue weighted by molar-refractivity contribution is 0.0443. The molecule has 13 heavy (non-hydrogen) atoms. The molecule has 1 spiro atoms. The summed E-state index contributed by atoms with van der Waals surface area (Å²) in [7, 11) is 1.64. The third kappa shape index (κ3) is 1.57. The Bertz CT molecular complexity index is 207. The molecule has 0 aromatic rings. The molecule has 0 atom stereocenters. The minimum Gasteiger partial charge on any atom is -0.399 e. The fourth-order valence-corrected chi connectivity index (χ4v) is 2.56. The van der Waals surface area contributed by atoms with Crippen LogP contribution in [0.25, 0.3) is 0 Å². The molecule has 2 aliphatic rings. The summed E-state index contributed by atoms with van der Waals surface area (Å²) in [5, 5.41) is 4.16. The molecule has 3 heteroatoms. The Kier molecular flexibility index (Phi) is 2.54. The van der Waals surface area contributed by atoms with Crippen molar-refractivity contribution in [2.75, 3.05) is 20.3 Å². The summed E-state index contributed by atoms with van der Waals surface area (Å²) in [6, 6.07) is 0. The molecular formula is C10H17NO2. The first-order valence-corrected chi connectivity index (χ1v) is 5.06. The summed E-state index contributed by atoms with van der Waals surface area (Å²) >= 11 is 0. The molecule has 2 rings (SSSR count). The maximum absolute atomic E-state index is 5.39. The van der Waals surface area contributed by atoms with Gasteiger partial charge in [-0.3, -0.25) is 0 Å². The number of oxime groups is 1. The summed E-state index contributed by atoms with van der Waals surface area (Å²) in [4.78, 5) is 4.90. The summed E-state index contributed by atoms with van der Waals surface area (Å²) in [5.41, 5.74) is 1.62. The number of rotatable bonds is 1. The Labute approximate surface area is 79.1 Å². The second kappa shape index (κ2) is 3.66. The molecular weight excluding hydrogens is 166 g/mol. The number of ether oxygens (including phenoxy) is 1. The molecule has 1 aliphatic carbocycles. The highest BCUT2D eigenvalue weighted by molar-refractivity contribution is 5.91. The van der Waals surface area contributed by atoms with Crippen LogP contribution in [0.5, 0.6) is 0 Å². The van der Waals surface area contributed by atoms with Crippen LogP contribution in [0.4, 0.5) is 0 Å². The minimum absolute atomic E-state index is 0.342. The van der Waals surface area contributed by atoms with Crippen LogP contribution in [-0.2, 0) is 9.57 Å². The van der Waals surface area contributed by atoms with Gasteiger partial charge in [0, 0.05) is 18.6 Å². The van der Waals surface area contributed by atoms with Crippen molar-refractivity contribution in [2.24, 2.45) is 10.6 Å². The fourth-order valence-electron chi connectivity index (χ4n) is 2.56. The van der Waals surface area contributed by atoms with E-state index < -0.39 is 0 Å². The fraction of sp³-hybridized carbons (Fsp3) is 0.900. The van der Waals surface area contributed by atoms with Gasteiger partial charge in [-0.25, -0.2) is 0 Å². The minimum atomic E-state index is 0.342. The number of hydrogen-bond donors (Lipinski definition) is 0. The van der Waals surface area contributed by atoms with Gasteiger partial charge in [0.25, 0.3) is 0 Å². The smallest absolute Gasteiger partial charge is 0.106 e. The second-order valence-corrected chi connectivity index (χ2v) is 3.97. The van der Waals surface area contributed by atoms with Gasteiger partial charge in [0.05, 0.1) is 5.71 Å². The molecule has 0 radical (unpaired) electrons. The van der Waals surface area contributed by atoms with E-state index >= 15 is 0 Å². The zero-order valence-electron chi connectivity index (χ0n) is 8.21. The van der Waals surface area contributed by atoms with Crippen molar-refractivity contribution in [3.63, 3.8) is 0 Å². The van der Waals surface area contributed by atoms with E-state index in [0.29, 0.717) is 5.41 Å². The van der Waals surface area contributed by atoms with Crippen molar-refractivity contribution >= 4 is 5.71 Å². The van der Waals surface area contributed by atoms with Crippen molar-refractivity contribution < 1.29 is 9.57 Å². The second-order valence-electron chi connectivity index (χ2n) is 3.97. The number of hydrogen-bond acceptors (Lipinski definition) is 3. The maximum atomic E-state index is 5.39. The van der Waals surface area contributed by atoms with Gasteiger partial charge in [0.2, 0.25) is 0 Å². The normalized spacial score (nSPS) is 29.8. The van der Waals surface area contributed by atoms with E-state index in [1.807, 2.05) is 0 Å². The van der Waals surface area contributed by atoms with Gasteiger partial charge in [-0.2, -0.15) is 0 Å². The van der Waals surface area contributed by atoms with Gasteiger partial charge in [-0.1, -0.05) is 5.16 Å². The summed E-state index contributed by atoms with van der Waals surface area (Å²) in [6.07, 6.45) is 5.93. The topological polar surface area (TPSA) is 30.8 Å². The Balaban J connectivity index is 2.14. The Hall–Kier alpha value is -0.570. The van der Waals surface area contributed by atoms with E-state index in [2.05, 4.69) is 5.16 Å². The van der Waals surface area contributed by atoms with Crippen molar-refractivity contribution in [1.82, 2.24) is 0 Å². The molecule has 3 nitrogen and oxygen atoms in total. The van der Waals surface area contributed by atoms with Crippen LogP contribution in [0, 0.1) is 5.41 Å². The lowest BCUT2D eigenvalue weighted by Gasteiger charge is -2.33. The molecule has 74 valence electrons. The standard InChI is InChI=1S/C10H17NO2/c1-12-11-9-3-2-4-10(9)5-7-13-8-6-10/h2-8H2,1H3/b11-9-. The van der Waals surface area contributed by atoms with Crippen molar-refractivity contribution in [3.05, 3.63) is 0 Å². The first-order valence-electron chi connectivity index (χ1n) is 5.06. The largest absolute Gasteiger partial charge is 0.399 e. The Morgan fingerprint density at radius 2 is 2.08 bits per heavy atom. The first kappa shape index (κ1) is 9.00. The van der Waals surface area contributed by atoms with Crippen LogP contribution in [0.2, 0.25) is 0 Å². The molecule has 2 fully saturated rings. The average Bonchev–Trinajstić information content (AvgIpc) is 2.52. The summed E-state index contributed by atoms with van der Waals surface area (Å²) < 4.78 is 5.39. The molecule has 1 saturated carbocycles. The van der Waals surface area contributed by atoms with E-state index in [-0.39, 0.29) is 0 Å². The van der Waals surface area contributed by atoms with E-state index in [9.17, 15) is 0 Å². The van der Waals surface area contributed by atoms with Gasteiger partial charge in [-0.15, -0.1) is 0 Å². The third-order valence-corrected chi connectivity index (χ3v) is 3.33. The summed E-state index contributed by atoms with van der Waals surface area (Å²) in [6.45, 7) is 1.78. The van der Waals surface area contributed by atoms with Gasteiger partial charge >= 0.3 is 0 Å². The highest BCUT2D eigenvalue weighted by Crippen LogP contribution is 2.43. The lowest BCUT2D eigenvalue weighted by atomic mass is 9.77. The van der Waals surface area contributed by atoms with Crippen LogP contribution < -0.4 is 0 Å². The monoisotopic (exact) mass is 183 g/mol. The first-order chi connectivity index (χ1) is 6.37. The van der Waals surface area contributed by atoms with Crippen molar-refractivity contribution in [3.8, 4) is 0 Å². The SMILES string of the molecule is CO/N=C1/CCCC12CCOCC2. The van der Waals surface area contributed by atoms with Crippen LogP contribution >= 0.6 is 0 Å². The molecule has 0 aromatic carbocycles. The van der Waals surface area contributed by atoms with Crippen LogP contribution in [-0.4, -0.2) is 26.0 Å². The van der Waals surface area contributed by atoms with Crippen LogP contribution in [0.3, 0.4) is 0 Å². The van der Waals surface area contributed by atoms with Gasteiger partial charge in [-0.05, 0) is 32.1 Å². The van der Waals surface area contributed by atoms with Crippen molar-refractivity contribution in [2.45, 2.75) is 32.1 Å². The predicted molar refractivity (Wildman–Crippen MR) is 50.8 cm³/mol. The molecule has 1 aliphatic heterocycles. The molecule has 0 unspecified atom stereocenters. The quantitative estimate of drug-likeness (QED) is 0.582. The third-order valence-electron chi connectivity index (χ3n) is 3.33. The van der Waals surface area contributed by atoms with Crippen LogP contribution in [0.15, 0.2) is 5.16 Å². The Morgan fingerprint density at radius 3 is 2.77 bits per heavy atom. The van der Waals surface area contributed by atoms with E-state index in [4.69, 9.17) is 9.57 Å². The maximum Gasteiger partial charge on any atom is 0.106 e. The van der Waals surface area contributed by atoms with E-state index in [1.54, 1.807) is 7.11 Å². The van der Waals surface area contributed by atoms with Crippen LogP contribution in [0.1, 0.15) is 32.1 Å². The average molecular weight is 183 g/mol. The van der Waals surface area contributed by atoms with Gasteiger partial charge in [0.15, 0.2) is 0 Å². The lowest BCUT2D eigenvalue weighted by Crippen LogP contribution is -2.33. The summed E-state index contributed by atoms with van der Waals surface area (Å²) in [5.74, 6) is 0.